The van der Waals surface area contributed by atoms with Crippen molar-refractivity contribution >= 4 is 11.6 Å². The van der Waals surface area contributed by atoms with Crippen molar-refractivity contribution in [3.05, 3.63) is 65.3 Å². The summed E-state index contributed by atoms with van der Waals surface area (Å²) in [6, 6.07) is 11.8. The monoisotopic (exact) mass is 340 g/mol. The Morgan fingerprint density at radius 2 is 2.12 bits per heavy atom. The molecule has 0 aliphatic carbocycles. The lowest BCUT2D eigenvalue weighted by atomic mass is 10.1. The highest BCUT2D eigenvalue weighted by Gasteiger charge is 2.28. The van der Waals surface area contributed by atoms with Crippen molar-refractivity contribution < 1.29 is 4.52 Å². The molecule has 0 radical (unpaired) electrons. The molecule has 1 aliphatic rings. The van der Waals surface area contributed by atoms with Crippen LogP contribution in [0.1, 0.15) is 23.8 Å². The molecule has 24 heavy (non-hydrogen) atoms. The van der Waals surface area contributed by atoms with Crippen LogP contribution in [0, 0.1) is 0 Å². The number of aromatic nitrogens is 3. The molecular formula is C18H17ClN4O. The van der Waals surface area contributed by atoms with Gasteiger partial charge in [0.25, 0.3) is 0 Å². The van der Waals surface area contributed by atoms with E-state index in [-0.39, 0.29) is 5.92 Å². The molecule has 0 bridgehead atoms. The van der Waals surface area contributed by atoms with Crippen molar-refractivity contribution in [1.82, 2.24) is 20.0 Å². The standard InChI is InChI=1S/C18H17ClN4O/c19-16-6-2-1-4-14(16)11-23-9-7-15(12-23)18-21-17(22-24-18)13-5-3-8-20-10-13/h1-6,8,10,15H,7,9,11-12H2/t15-/m1/s1. The summed E-state index contributed by atoms with van der Waals surface area (Å²) in [6.07, 6.45) is 4.49. The second-order valence-corrected chi connectivity index (χ2v) is 6.42. The first kappa shape index (κ1) is 15.3. The number of rotatable bonds is 4. The molecule has 1 atom stereocenters. The van der Waals surface area contributed by atoms with Gasteiger partial charge in [-0.25, -0.2) is 0 Å². The van der Waals surface area contributed by atoms with E-state index in [9.17, 15) is 0 Å². The molecule has 0 N–H and O–H groups in total. The summed E-state index contributed by atoms with van der Waals surface area (Å²) in [5, 5.41) is 4.91. The number of halogens is 1. The van der Waals surface area contributed by atoms with E-state index in [1.54, 1.807) is 12.4 Å². The Morgan fingerprint density at radius 1 is 1.21 bits per heavy atom. The molecule has 1 aliphatic heterocycles. The van der Waals surface area contributed by atoms with Crippen molar-refractivity contribution in [3.8, 4) is 11.4 Å². The maximum absolute atomic E-state index is 6.25. The minimum absolute atomic E-state index is 0.269. The van der Waals surface area contributed by atoms with Crippen LogP contribution in [0.25, 0.3) is 11.4 Å². The van der Waals surface area contributed by atoms with Gasteiger partial charge in [-0.15, -0.1) is 0 Å². The van der Waals surface area contributed by atoms with Crippen LogP contribution >= 0.6 is 11.6 Å². The topological polar surface area (TPSA) is 55.1 Å². The van der Waals surface area contributed by atoms with Crippen molar-refractivity contribution in [3.63, 3.8) is 0 Å². The number of hydrogen-bond donors (Lipinski definition) is 0. The third-order valence-electron chi connectivity index (χ3n) is 4.33. The number of hydrogen-bond acceptors (Lipinski definition) is 5. The number of pyridine rings is 1. The normalized spacial score (nSPS) is 18.1. The molecular weight excluding hydrogens is 324 g/mol. The lowest BCUT2D eigenvalue weighted by Gasteiger charge is -2.16. The lowest BCUT2D eigenvalue weighted by molar-refractivity contribution is 0.309. The van der Waals surface area contributed by atoms with Gasteiger partial charge in [0.2, 0.25) is 11.7 Å². The van der Waals surface area contributed by atoms with Gasteiger partial charge in [-0.2, -0.15) is 4.98 Å². The van der Waals surface area contributed by atoms with Crippen LogP contribution in [-0.2, 0) is 6.54 Å². The van der Waals surface area contributed by atoms with Gasteiger partial charge in [-0.3, -0.25) is 9.88 Å². The lowest BCUT2D eigenvalue weighted by Crippen LogP contribution is -2.20. The average molecular weight is 341 g/mol. The first-order valence-electron chi connectivity index (χ1n) is 7.99. The SMILES string of the molecule is Clc1ccccc1CN1CC[C@@H](c2nc(-c3cccnc3)no2)C1. The predicted octanol–water partition coefficient (Wildman–Crippen LogP) is 3.77. The van der Waals surface area contributed by atoms with Gasteiger partial charge in [0, 0.05) is 36.1 Å². The molecule has 2 aromatic heterocycles. The second-order valence-electron chi connectivity index (χ2n) is 6.01. The molecule has 3 aromatic rings. The van der Waals surface area contributed by atoms with Crippen LogP contribution in [0.2, 0.25) is 5.02 Å². The van der Waals surface area contributed by atoms with E-state index in [0.717, 1.165) is 42.2 Å². The van der Waals surface area contributed by atoms with Crippen LogP contribution in [0.15, 0.2) is 53.3 Å². The molecule has 1 saturated heterocycles. The molecule has 0 unspecified atom stereocenters. The Labute approximate surface area is 145 Å². The molecule has 5 nitrogen and oxygen atoms in total. The Kier molecular flexibility index (Phi) is 4.28. The fraction of sp³-hybridized carbons (Fsp3) is 0.278. The zero-order valence-corrected chi connectivity index (χ0v) is 13.9. The van der Waals surface area contributed by atoms with E-state index in [2.05, 4.69) is 26.1 Å². The molecule has 122 valence electrons. The summed E-state index contributed by atoms with van der Waals surface area (Å²) < 4.78 is 5.48. The molecule has 1 aromatic carbocycles. The van der Waals surface area contributed by atoms with Crippen LogP contribution in [0.3, 0.4) is 0 Å². The van der Waals surface area contributed by atoms with Crippen LogP contribution < -0.4 is 0 Å². The summed E-state index contributed by atoms with van der Waals surface area (Å²) in [6.45, 7) is 2.75. The van der Waals surface area contributed by atoms with Crippen molar-refractivity contribution in [2.45, 2.75) is 18.9 Å². The number of nitrogens with zero attached hydrogens (tertiary/aromatic N) is 4. The quantitative estimate of drug-likeness (QED) is 0.723. The van der Waals surface area contributed by atoms with Gasteiger partial charge in [-0.05, 0) is 36.7 Å². The molecule has 0 saturated carbocycles. The summed E-state index contributed by atoms with van der Waals surface area (Å²) in [7, 11) is 0. The largest absolute Gasteiger partial charge is 0.339 e. The maximum Gasteiger partial charge on any atom is 0.231 e. The molecule has 0 amide bonds. The van der Waals surface area contributed by atoms with Crippen LogP contribution in [-0.4, -0.2) is 33.1 Å². The maximum atomic E-state index is 6.25. The van der Waals surface area contributed by atoms with Gasteiger partial charge in [0.15, 0.2) is 0 Å². The first-order chi connectivity index (χ1) is 11.8. The van der Waals surface area contributed by atoms with E-state index in [1.165, 1.54) is 0 Å². The first-order valence-corrected chi connectivity index (χ1v) is 8.37. The Hall–Kier alpha value is -2.24. The zero-order chi connectivity index (χ0) is 16.4. The van der Waals surface area contributed by atoms with Gasteiger partial charge in [0.05, 0.1) is 5.92 Å². The van der Waals surface area contributed by atoms with E-state index in [0.29, 0.717) is 11.7 Å². The Balaban J connectivity index is 1.44. The molecule has 1 fully saturated rings. The van der Waals surface area contributed by atoms with E-state index < -0.39 is 0 Å². The summed E-state index contributed by atoms with van der Waals surface area (Å²) in [5.74, 6) is 1.57. The summed E-state index contributed by atoms with van der Waals surface area (Å²) in [5.41, 5.74) is 2.03. The summed E-state index contributed by atoms with van der Waals surface area (Å²) >= 11 is 6.25. The van der Waals surface area contributed by atoms with Crippen LogP contribution in [0.5, 0.6) is 0 Å². The minimum atomic E-state index is 0.269. The predicted molar refractivity (Wildman–Crippen MR) is 91.6 cm³/mol. The Bertz CT molecular complexity index is 821. The fourth-order valence-corrected chi connectivity index (χ4v) is 3.25. The highest BCUT2D eigenvalue weighted by Crippen LogP contribution is 2.29. The zero-order valence-electron chi connectivity index (χ0n) is 13.1. The number of benzene rings is 1. The van der Waals surface area contributed by atoms with Crippen molar-refractivity contribution in [1.29, 1.82) is 0 Å². The number of likely N-dealkylation sites (tertiary alicyclic amines) is 1. The molecule has 0 spiro atoms. The fourth-order valence-electron chi connectivity index (χ4n) is 3.06. The highest BCUT2D eigenvalue weighted by atomic mass is 35.5. The van der Waals surface area contributed by atoms with E-state index in [4.69, 9.17) is 16.1 Å². The second kappa shape index (κ2) is 6.71. The third-order valence-corrected chi connectivity index (χ3v) is 4.70. The van der Waals surface area contributed by atoms with Crippen molar-refractivity contribution in [2.24, 2.45) is 0 Å². The van der Waals surface area contributed by atoms with Gasteiger partial charge < -0.3 is 4.52 Å². The van der Waals surface area contributed by atoms with E-state index >= 15 is 0 Å². The molecule has 3 heterocycles. The summed E-state index contributed by atoms with van der Waals surface area (Å²) in [4.78, 5) is 11.0. The Morgan fingerprint density at radius 3 is 2.96 bits per heavy atom. The van der Waals surface area contributed by atoms with Gasteiger partial charge >= 0.3 is 0 Å². The van der Waals surface area contributed by atoms with Crippen molar-refractivity contribution in [2.75, 3.05) is 13.1 Å². The van der Waals surface area contributed by atoms with Gasteiger partial charge in [0.1, 0.15) is 0 Å². The molecule has 4 rings (SSSR count). The van der Waals surface area contributed by atoms with Crippen LogP contribution in [0.4, 0.5) is 0 Å². The third kappa shape index (κ3) is 3.18. The van der Waals surface area contributed by atoms with Gasteiger partial charge in [-0.1, -0.05) is 35.0 Å². The smallest absolute Gasteiger partial charge is 0.231 e. The average Bonchev–Trinajstić information content (AvgIpc) is 3.27. The van der Waals surface area contributed by atoms with E-state index in [1.807, 2.05) is 30.3 Å². The highest BCUT2D eigenvalue weighted by molar-refractivity contribution is 6.31. The minimum Gasteiger partial charge on any atom is -0.339 e. The molecule has 6 heteroatoms.